The molecule has 50 valence electrons. The lowest BCUT2D eigenvalue weighted by molar-refractivity contribution is 0.599. The van der Waals surface area contributed by atoms with Gasteiger partial charge in [-0.1, -0.05) is 0 Å². The number of hydrogen-bond acceptors (Lipinski definition) is 2. The van der Waals surface area contributed by atoms with Gasteiger partial charge in [-0.15, -0.1) is 0 Å². The maximum atomic E-state index is 7.34. The first-order valence-electron chi connectivity index (χ1n) is 2.88. The lowest BCUT2D eigenvalue weighted by Gasteiger charge is -1.90. The van der Waals surface area contributed by atoms with Gasteiger partial charge < -0.3 is 4.57 Å². The van der Waals surface area contributed by atoms with Crippen molar-refractivity contribution in [2.75, 3.05) is 0 Å². The summed E-state index contributed by atoms with van der Waals surface area (Å²) in [6, 6.07) is 0. The van der Waals surface area contributed by atoms with E-state index in [-0.39, 0.29) is 0 Å². The van der Waals surface area contributed by atoms with Gasteiger partial charge in [0.2, 0.25) is 5.62 Å². The van der Waals surface area contributed by atoms with Crippen molar-refractivity contribution in [1.29, 1.82) is 5.41 Å². The first kappa shape index (κ1) is 6.07. The van der Waals surface area contributed by atoms with Crippen LogP contribution >= 0.6 is 0 Å². The number of nitrogens with zero attached hydrogens (tertiary/aromatic N) is 3. The van der Waals surface area contributed by atoms with Crippen molar-refractivity contribution in [3.63, 3.8) is 0 Å². The van der Waals surface area contributed by atoms with Gasteiger partial charge in [-0.25, -0.2) is 4.68 Å². The molecule has 1 aromatic heterocycles. The first-order chi connectivity index (χ1) is 4.25. The van der Waals surface area contributed by atoms with Crippen molar-refractivity contribution < 1.29 is 0 Å². The van der Waals surface area contributed by atoms with Crippen LogP contribution in [0.15, 0.2) is 6.33 Å². The van der Waals surface area contributed by atoms with E-state index < -0.39 is 0 Å². The lowest BCUT2D eigenvalue weighted by atomic mass is 10.8. The highest BCUT2D eigenvalue weighted by Gasteiger charge is 1.91. The quantitative estimate of drug-likeness (QED) is 0.552. The van der Waals surface area contributed by atoms with E-state index in [4.69, 9.17) is 5.41 Å². The summed E-state index contributed by atoms with van der Waals surface area (Å²) in [5.74, 6) is 0. The average Bonchev–Trinajstić information content (AvgIpc) is 2.15. The molecule has 0 aliphatic heterocycles. The van der Waals surface area contributed by atoms with Crippen LogP contribution in [0.1, 0.15) is 6.92 Å². The number of aromatic nitrogens is 3. The highest BCUT2D eigenvalue weighted by atomic mass is 15.4. The van der Waals surface area contributed by atoms with Crippen molar-refractivity contribution >= 4 is 0 Å². The van der Waals surface area contributed by atoms with Gasteiger partial charge in [-0.2, -0.15) is 5.10 Å². The Morgan fingerprint density at radius 2 is 2.44 bits per heavy atom. The molecule has 0 saturated heterocycles. The molecule has 0 saturated carbocycles. The largest absolute Gasteiger partial charge is 0.303 e. The Hall–Kier alpha value is -1.06. The second-order valence-electron chi connectivity index (χ2n) is 1.88. The second kappa shape index (κ2) is 2.05. The van der Waals surface area contributed by atoms with E-state index in [0.29, 0.717) is 5.62 Å². The fraction of sp³-hybridized carbons (Fsp3) is 0.600. The maximum Gasteiger partial charge on any atom is 0.219 e. The summed E-state index contributed by atoms with van der Waals surface area (Å²) in [6.45, 7) is 2.73. The molecule has 0 atom stereocenters. The molecular formula is C5H10N4. The van der Waals surface area contributed by atoms with Crippen LogP contribution in [-0.4, -0.2) is 14.3 Å². The molecule has 0 radical (unpaired) electrons. The summed E-state index contributed by atoms with van der Waals surface area (Å²) in [7, 11) is 1.81. The Balaban J connectivity index is 3.20. The normalized spacial score (nSPS) is 10.0. The molecule has 0 unspecified atom stereocenters. The van der Waals surface area contributed by atoms with Crippen molar-refractivity contribution in [3.8, 4) is 0 Å². The molecule has 1 N–H and O–H groups in total. The summed E-state index contributed by atoms with van der Waals surface area (Å²) in [5.41, 5.74) is 0.442. The van der Waals surface area contributed by atoms with E-state index in [0.717, 1.165) is 6.54 Å². The molecule has 4 heteroatoms. The highest BCUT2D eigenvalue weighted by molar-refractivity contribution is 4.58. The molecule has 0 aliphatic carbocycles. The van der Waals surface area contributed by atoms with Crippen LogP contribution in [0.2, 0.25) is 0 Å². The number of nitrogens with one attached hydrogen (secondary N) is 1. The standard InChI is InChI=1S/C5H10N4/c1-3-9-5(6)8(2)4-7-9/h4,6H,3H2,1-2H3. The zero-order valence-corrected chi connectivity index (χ0v) is 5.63. The smallest absolute Gasteiger partial charge is 0.219 e. The fourth-order valence-corrected chi connectivity index (χ4v) is 0.663. The summed E-state index contributed by atoms with van der Waals surface area (Å²) in [6.07, 6.45) is 1.63. The minimum atomic E-state index is 0.442. The van der Waals surface area contributed by atoms with E-state index in [1.165, 1.54) is 0 Å². The van der Waals surface area contributed by atoms with Crippen LogP contribution in [0.5, 0.6) is 0 Å². The van der Waals surface area contributed by atoms with E-state index in [1.54, 1.807) is 15.6 Å². The van der Waals surface area contributed by atoms with Crippen LogP contribution in [-0.2, 0) is 13.6 Å². The van der Waals surface area contributed by atoms with Gasteiger partial charge in [0, 0.05) is 13.6 Å². The zero-order valence-electron chi connectivity index (χ0n) is 5.63. The predicted molar refractivity (Wildman–Crippen MR) is 32.7 cm³/mol. The third kappa shape index (κ3) is 0.872. The Bertz CT molecular complexity index is 244. The molecular weight excluding hydrogens is 116 g/mol. The second-order valence-corrected chi connectivity index (χ2v) is 1.88. The lowest BCUT2D eigenvalue weighted by Crippen LogP contribution is -2.22. The van der Waals surface area contributed by atoms with Gasteiger partial charge in [0.15, 0.2) is 0 Å². The summed E-state index contributed by atoms with van der Waals surface area (Å²) in [4.78, 5) is 0. The molecule has 1 aromatic rings. The van der Waals surface area contributed by atoms with Crippen molar-refractivity contribution in [2.45, 2.75) is 13.5 Å². The SMILES string of the molecule is CCn1ncn(C)c1=N. The Kier molecular flexibility index (Phi) is 1.38. The topological polar surface area (TPSA) is 46.6 Å². The number of hydrogen-bond donors (Lipinski definition) is 1. The Labute approximate surface area is 53.2 Å². The van der Waals surface area contributed by atoms with Crippen LogP contribution in [0.25, 0.3) is 0 Å². The molecule has 0 fully saturated rings. The Morgan fingerprint density at radius 3 is 2.67 bits per heavy atom. The van der Waals surface area contributed by atoms with E-state index in [2.05, 4.69) is 5.10 Å². The van der Waals surface area contributed by atoms with Crippen LogP contribution in [0.3, 0.4) is 0 Å². The maximum absolute atomic E-state index is 7.34. The number of rotatable bonds is 1. The molecule has 9 heavy (non-hydrogen) atoms. The van der Waals surface area contributed by atoms with Crippen LogP contribution < -0.4 is 5.62 Å². The average molecular weight is 126 g/mol. The monoisotopic (exact) mass is 126 g/mol. The fourth-order valence-electron chi connectivity index (χ4n) is 0.663. The van der Waals surface area contributed by atoms with E-state index in [1.807, 2.05) is 14.0 Å². The predicted octanol–water partition coefficient (Wildman–Crippen LogP) is -0.279. The highest BCUT2D eigenvalue weighted by Crippen LogP contribution is 1.71. The van der Waals surface area contributed by atoms with Gasteiger partial charge in [0.05, 0.1) is 0 Å². The molecule has 4 nitrogen and oxygen atoms in total. The minimum Gasteiger partial charge on any atom is -0.303 e. The molecule has 0 spiro atoms. The Morgan fingerprint density at radius 1 is 1.78 bits per heavy atom. The third-order valence-electron chi connectivity index (χ3n) is 1.24. The van der Waals surface area contributed by atoms with Gasteiger partial charge in [-0.05, 0) is 6.92 Å². The van der Waals surface area contributed by atoms with Gasteiger partial charge in [-0.3, -0.25) is 5.41 Å². The molecule has 1 heterocycles. The minimum absolute atomic E-state index is 0.442. The van der Waals surface area contributed by atoms with Crippen molar-refractivity contribution in [2.24, 2.45) is 7.05 Å². The summed E-state index contributed by atoms with van der Waals surface area (Å²) >= 11 is 0. The molecule has 0 bridgehead atoms. The van der Waals surface area contributed by atoms with E-state index >= 15 is 0 Å². The molecule has 1 rings (SSSR count). The first-order valence-corrected chi connectivity index (χ1v) is 2.88. The van der Waals surface area contributed by atoms with Gasteiger partial charge >= 0.3 is 0 Å². The molecule has 0 aliphatic rings. The molecule has 0 amide bonds. The van der Waals surface area contributed by atoms with Crippen molar-refractivity contribution in [3.05, 3.63) is 11.9 Å². The summed E-state index contributed by atoms with van der Waals surface area (Å²) < 4.78 is 3.30. The van der Waals surface area contributed by atoms with E-state index in [9.17, 15) is 0 Å². The van der Waals surface area contributed by atoms with Gasteiger partial charge in [0.1, 0.15) is 6.33 Å². The van der Waals surface area contributed by atoms with Crippen LogP contribution in [0, 0.1) is 5.41 Å². The van der Waals surface area contributed by atoms with Gasteiger partial charge in [0.25, 0.3) is 0 Å². The third-order valence-corrected chi connectivity index (χ3v) is 1.24. The van der Waals surface area contributed by atoms with Crippen molar-refractivity contribution in [1.82, 2.24) is 14.3 Å². The number of aryl methyl sites for hydroxylation is 2. The molecule has 0 aromatic carbocycles. The summed E-state index contributed by atoms with van der Waals surface area (Å²) in [5, 5.41) is 11.3. The zero-order chi connectivity index (χ0) is 6.85. The van der Waals surface area contributed by atoms with Crippen LogP contribution in [0.4, 0.5) is 0 Å².